The van der Waals surface area contributed by atoms with Crippen molar-refractivity contribution in [3.8, 4) is 0 Å². The first-order valence-electron chi connectivity index (χ1n) is 8.03. The number of halogens is 2. The maximum atomic E-state index is 12.6. The Balaban J connectivity index is 0.00000288. The minimum atomic E-state index is -0.604. The van der Waals surface area contributed by atoms with Gasteiger partial charge in [-0.3, -0.25) is 9.59 Å². The fourth-order valence-corrected chi connectivity index (χ4v) is 3.11. The largest absolute Gasteiger partial charge is 0.339 e. The van der Waals surface area contributed by atoms with Crippen LogP contribution in [0.15, 0.2) is 18.2 Å². The summed E-state index contributed by atoms with van der Waals surface area (Å²) in [4.78, 5) is 26.0. The van der Waals surface area contributed by atoms with Gasteiger partial charge in [0.15, 0.2) is 0 Å². The Morgan fingerprint density at radius 1 is 1.29 bits per heavy atom. The van der Waals surface area contributed by atoms with E-state index in [1.54, 1.807) is 30.0 Å². The topological polar surface area (TPSA) is 75.4 Å². The first-order chi connectivity index (χ1) is 10.9. The smallest absolute Gasteiger partial charge is 0.255 e. The predicted octanol–water partition coefficient (Wildman–Crippen LogP) is 3.45. The summed E-state index contributed by atoms with van der Waals surface area (Å²) in [7, 11) is 1.83. The summed E-state index contributed by atoms with van der Waals surface area (Å²) < 4.78 is 0. The Labute approximate surface area is 154 Å². The van der Waals surface area contributed by atoms with Crippen LogP contribution in [0.25, 0.3) is 0 Å². The molecule has 0 radical (unpaired) electrons. The predicted molar refractivity (Wildman–Crippen MR) is 99.9 cm³/mol. The minimum absolute atomic E-state index is 0. The highest BCUT2D eigenvalue weighted by Gasteiger charge is 2.24. The third-order valence-electron chi connectivity index (χ3n) is 4.32. The van der Waals surface area contributed by atoms with E-state index in [9.17, 15) is 9.59 Å². The summed E-state index contributed by atoms with van der Waals surface area (Å²) in [6.45, 7) is 1.61. The first-order valence-corrected chi connectivity index (χ1v) is 8.41. The van der Waals surface area contributed by atoms with Crippen molar-refractivity contribution < 1.29 is 9.59 Å². The van der Waals surface area contributed by atoms with Crippen molar-refractivity contribution in [3.05, 3.63) is 28.8 Å². The van der Waals surface area contributed by atoms with E-state index in [0.29, 0.717) is 16.3 Å². The zero-order valence-electron chi connectivity index (χ0n) is 14.0. The number of benzene rings is 1. The van der Waals surface area contributed by atoms with Gasteiger partial charge in [0, 0.05) is 18.8 Å². The van der Waals surface area contributed by atoms with Gasteiger partial charge in [0.25, 0.3) is 5.91 Å². The standard InChI is InChI=1S/C17H24ClN3O2.ClH/c1-11(19)16(22)20-12-8-9-14(15(18)10-12)17(23)21(2)13-6-4-3-5-7-13;/h8-11,13H,3-7,19H2,1-2H3,(H,20,22);1H/t11-;/m0./s1. The van der Waals surface area contributed by atoms with Gasteiger partial charge in [-0.05, 0) is 38.0 Å². The molecule has 7 heteroatoms. The molecule has 134 valence electrons. The molecular formula is C17H25Cl2N3O2. The van der Waals surface area contributed by atoms with Crippen LogP contribution in [0.5, 0.6) is 0 Å². The van der Waals surface area contributed by atoms with Crippen molar-refractivity contribution in [2.24, 2.45) is 5.73 Å². The summed E-state index contributed by atoms with van der Waals surface area (Å²) in [5.41, 5.74) is 6.51. The Morgan fingerprint density at radius 2 is 1.92 bits per heavy atom. The van der Waals surface area contributed by atoms with E-state index in [0.717, 1.165) is 25.7 Å². The molecule has 1 atom stereocenters. The second kappa shape index (κ2) is 9.25. The van der Waals surface area contributed by atoms with Gasteiger partial charge in [-0.1, -0.05) is 30.9 Å². The lowest BCUT2D eigenvalue weighted by Gasteiger charge is -2.31. The molecule has 0 unspecified atom stereocenters. The van der Waals surface area contributed by atoms with Crippen molar-refractivity contribution in [2.75, 3.05) is 12.4 Å². The number of carbonyl (C=O) groups is 2. The van der Waals surface area contributed by atoms with Crippen LogP contribution in [-0.2, 0) is 4.79 Å². The summed E-state index contributed by atoms with van der Waals surface area (Å²) >= 11 is 6.24. The van der Waals surface area contributed by atoms with Crippen molar-refractivity contribution >= 4 is 41.5 Å². The number of anilines is 1. The highest BCUT2D eigenvalue weighted by molar-refractivity contribution is 6.34. The zero-order valence-corrected chi connectivity index (χ0v) is 15.6. The Hall–Kier alpha value is -1.30. The number of rotatable bonds is 4. The second-order valence-corrected chi connectivity index (χ2v) is 6.59. The fourth-order valence-electron chi connectivity index (χ4n) is 2.85. The van der Waals surface area contributed by atoms with Crippen molar-refractivity contribution in [1.82, 2.24) is 4.90 Å². The molecule has 0 spiro atoms. The van der Waals surface area contributed by atoms with Gasteiger partial charge in [0.05, 0.1) is 16.6 Å². The average molecular weight is 374 g/mol. The number of amides is 2. The highest BCUT2D eigenvalue weighted by atomic mass is 35.5. The molecule has 0 aliphatic heterocycles. The van der Waals surface area contributed by atoms with E-state index in [-0.39, 0.29) is 30.3 Å². The van der Waals surface area contributed by atoms with Crippen LogP contribution in [0, 0.1) is 0 Å². The number of nitrogens with zero attached hydrogens (tertiary/aromatic N) is 1. The van der Waals surface area contributed by atoms with Crippen molar-refractivity contribution in [1.29, 1.82) is 0 Å². The van der Waals surface area contributed by atoms with Crippen LogP contribution in [0.1, 0.15) is 49.4 Å². The molecule has 5 nitrogen and oxygen atoms in total. The maximum absolute atomic E-state index is 12.6. The number of nitrogens with two attached hydrogens (primary N) is 1. The number of hydrogen-bond donors (Lipinski definition) is 2. The maximum Gasteiger partial charge on any atom is 0.255 e. The number of nitrogens with one attached hydrogen (secondary N) is 1. The Kier molecular flexibility index (Phi) is 8.00. The molecule has 1 aromatic carbocycles. The molecule has 3 N–H and O–H groups in total. The molecule has 1 aliphatic rings. The molecule has 0 heterocycles. The highest BCUT2D eigenvalue weighted by Crippen LogP contribution is 2.26. The molecule has 2 amide bonds. The van der Waals surface area contributed by atoms with E-state index in [4.69, 9.17) is 17.3 Å². The molecule has 2 rings (SSSR count). The molecule has 0 bridgehead atoms. The molecular weight excluding hydrogens is 349 g/mol. The van der Waals surface area contributed by atoms with Crippen LogP contribution >= 0.6 is 24.0 Å². The van der Waals surface area contributed by atoms with Gasteiger partial charge in [0.1, 0.15) is 0 Å². The van der Waals surface area contributed by atoms with Crippen LogP contribution in [0.3, 0.4) is 0 Å². The fraction of sp³-hybridized carbons (Fsp3) is 0.529. The molecule has 1 saturated carbocycles. The molecule has 0 aromatic heterocycles. The van der Waals surface area contributed by atoms with Gasteiger partial charge >= 0.3 is 0 Å². The quantitative estimate of drug-likeness (QED) is 0.848. The molecule has 24 heavy (non-hydrogen) atoms. The first kappa shape index (κ1) is 20.7. The van der Waals surface area contributed by atoms with Crippen LogP contribution in [0.4, 0.5) is 5.69 Å². The van der Waals surface area contributed by atoms with Gasteiger partial charge in [-0.15, -0.1) is 12.4 Å². The van der Waals surface area contributed by atoms with E-state index in [1.165, 1.54) is 6.42 Å². The molecule has 0 saturated heterocycles. The summed E-state index contributed by atoms with van der Waals surface area (Å²) in [5.74, 6) is -0.369. The van der Waals surface area contributed by atoms with Crippen LogP contribution in [0.2, 0.25) is 5.02 Å². The van der Waals surface area contributed by atoms with Gasteiger partial charge in [-0.25, -0.2) is 0 Å². The minimum Gasteiger partial charge on any atom is -0.339 e. The van der Waals surface area contributed by atoms with E-state index < -0.39 is 6.04 Å². The van der Waals surface area contributed by atoms with Crippen LogP contribution < -0.4 is 11.1 Å². The normalized spacial score (nSPS) is 16.0. The van der Waals surface area contributed by atoms with Crippen molar-refractivity contribution in [3.63, 3.8) is 0 Å². The van der Waals surface area contributed by atoms with E-state index in [1.807, 2.05) is 7.05 Å². The Morgan fingerprint density at radius 3 is 2.46 bits per heavy atom. The number of carbonyl (C=O) groups excluding carboxylic acids is 2. The zero-order chi connectivity index (χ0) is 17.0. The Bertz CT molecular complexity index is 587. The van der Waals surface area contributed by atoms with Crippen molar-refractivity contribution in [2.45, 2.75) is 51.1 Å². The SMILES string of the molecule is C[C@H](N)C(=O)Nc1ccc(C(=O)N(C)C2CCCCC2)c(Cl)c1.Cl. The third kappa shape index (κ3) is 5.10. The third-order valence-corrected chi connectivity index (χ3v) is 4.64. The van der Waals surface area contributed by atoms with E-state index >= 15 is 0 Å². The molecule has 1 aromatic rings. The summed E-state index contributed by atoms with van der Waals surface area (Å²) in [6.07, 6.45) is 5.66. The second-order valence-electron chi connectivity index (χ2n) is 6.18. The van der Waals surface area contributed by atoms with E-state index in [2.05, 4.69) is 5.32 Å². The van der Waals surface area contributed by atoms with Gasteiger partial charge < -0.3 is 16.0 Å². The number of hydrogen-bond acceptors (Lipinski definition) is 3. The average Bonchev–Trinajstić information content (AvgIpc) is 2.54. The lowest BCUT2D eigenvalue weighted by molar-refractivity contribution is -0.117. The summed E-state index contributed by atoms with van der Waals surface area (Å²) in [6, 6.07) is 4.59. The lowest BCUT2D eigenvalue weighted by Crippen LogP contribution is -2.38. The van der Waals surface area contributed by atoms with Crippen LogP contribution in [-0.4, -0.2) is 35.8 Å². The molecule has 1 fully saturated rings. The van der Waals surface area contributed by atoms with Gasteiger partial charge in [0.2, 0.25) is 5.91 Å². The monoisotopic (exact) mass is 373 g/mol. The molecule has 1 aliphatic carbocycles. The lowest BCUT2D eigenvalue weighted by atomic mass is 9.94. The van der Waals surface area contributed by atoms with Gasteiger partial charge in [-0.2, -0.15) is 0 Å². The summed E-state index contributed by atoms with van der Waals surface area (Å²) in [5, 5.41) is 3.00.